The molecule has 90 valence electrons. The monoisotopic (exact) mass is 350 g/mol. The zero-order chi connectivity index (χ0) is 10.9. The minimum absolute atomic E-state index is 0.254. The zero-order valence-electron chi connectivity index (χ0n) is 9.07. The summed E-state index contributed by atoms with van der Waals surface area (Å²) in [6.07, 6.45) is 3.97. The number of halogens is 2. The molecule has 0 aromatic rings. The molecule has 5 rings (SSSR count). The fourth-order valence-corrected chi connectivity index (χ4v) is 7.27. The second kappa shape index (κ2) is 3.46. The van der Waals surface area contributed by atoms with Crippen LogP contribution < -0.4 is 0 Å². The maximum Gasteiger partial charge on any atom is 0.176 e. The molecule has 4 saturated carbocycles. The van der Waals surface area contributed by atoms with Crippen molar-refractivity contribution in [2.45, 2.75) is 34.7 Å². The van der Waals surface area contributed by atoms with Crippen LogP contribution in [-0.2, 0) is 9.47 Å². The Hall–Kier alpha value is 0.880. The van der Waals surface area contributed by atoms with Gasteiger partial charge < -0.3 is 9.47 Å². The normalized spacial score (nSPS) is 57.4. The summed E-state index contributed by atoms with van der Waals surface area (Å²) in [5, 5.41) is 0. The second-order valence-corrected chi connectivity index (χ2v) is 7.87. The summed E-state index contributed by atoms with van der Waals surface area (Å²) >= 11 is 7.83. The Morgan fingerprint density at radius 1 is 0.875 bits per heavy atom. The van der Waals surface area contributed by atoms with E-state index in [1.807, 2.05) is 0 Å². The molecule has 1 heterocycles. The van der Waals surface area contributed by atoms with E-state index in [0.717, 1.165) is 25.0 Å². The van der Waals surface area contributed by atoms with Crippen molar-refractivity contribution < 1.29 is 9.47 Å². The Morgan fingerprint density at radius 3 is 2.00 bits per heavy atom. The third-order valence-electron chi connectivity index (χ3n) is 5.14. The maximum atomic E-state index is 6.08. The van der Waals surface area contributed by atoms with Gasteiger partial charge in [0.1, 0.15) is 0 Å². The second-order valence-electron chi connectivity index (χ2n) is 5.76. The summed E-state index contributed by atoms with van der Waals surface area (Å²) in [4.78, 5) is 1.14. The summed E-state index contributed by atoms with van der Waals surface area (Å²) in [6, 6.07) is 0. The molecule has 0 radical (unpaired) electrons. The molecule has 2 nitrogen and oxygen atoms in total. The molecular weight excluding hydrogens is 336 g/mol. The van der Waals surface area contributed by atoms with Crippen LogP contribution in [0.3, 0.4) is 0 Å². The fraction of sp³-hybridized carbons (Fsp3) is 1.00. The minimum atomic E-state index is -0.254. The highest BCUT2D eigenvalue weighted by molar-refractivity contribution is 9.10. The third-order valence-corrected chi connectivity index (χ3v) is 7.77. The van der Waals surface area contributed by atoms with E-state index in [9.17, 15) is 0 Å². The van der Waals surface area contributed by atoms with Crippen molar-refractivity contribution in [2.24, 2.45) is 23.7 Å². The highest BCUT2D eigenvalue weighted by atomic mass is 79.9. The molecule has 6 atom stereocenters. The number of ether oxygens (including phenoxy) is 2. The summed E-state index contributed by atoms with van der Waals surface area (Å²) < 4.78 is 12.2. The van der Waals surface area contributed by atoms with Gasteiger partial charge in [0.25, 0.3) is 0 Å². The molecule has 4 heteroatoms. The van der Waals surface area contributed by atoms with Gasteiger partial charge in [0.05, 0.1) is 13.2 Å². The van der Waals surface area contributed by atoms with Crippen molar-refractivity contribution in [2.75, 3.05) is 13.2 Å². The van der Waals surface area contributed by atoms with Gasteiger partial charge in [-0.1, -0.05) is 31.9 Å². The molecule has 5 aliphatic rings. The lowest BCUT2D eigenvalue weighted by atomic mass is 9.53. The van der Waals surface area contributed by atoms with Crippen molar-refractivity contribution in [1.29, 1.82) is 0 Å². The lowest BCUT2D eigenvalue weighted by Gasteiger charge is -2.62. The standard InChI is InChI=1S/C12H16Br2O2/c13-10-7-3-6-4-8(10)12(15-1-2-16-12)9(5-6)11(7)14/h6-11H,1-5H2/t6?,7?,8?,9?,10-,11+. The van der Waals surface area contributed by atoms with Crippen LogP contribution in [0.5, 0.6) is 0 Å². The van der Waals surface area contributed by atoms with Crippen LogP contribution in [0.15, 0.2) is 0 Å². The van der Waals surface area contributed by atoms with Gasteiger partial charge in [-0.15, -0.1) is 0 Å². The van der Waals surface area contributed by atoms with E-state index in [1.165, 1.54) is 19.3 Å². The van der Waals surface area contributed by atoms with E-state index in [1.54, 1.807) is 0 Å². The van der Waals surface area contributed by atoms with Crippen LogP contribution in [0.1, 0.15) is 19.3 Å². The van der Waals surface area contributed by atoms with E-state index in [0.29, 0.717) is 21.5 Å². The number of hydrogen-bond donors (Lipinski definition) is 0. The quantitative estimate of drug-likeness (QED) is 0.625. The molecular formula is C12H16Br2O2. The van der Waals surface area contributed by atoms with Gasteiger partial charge in [-0.3, -0.25) is 0 Å². The predicted molar refractivity (Wildman–Crippen MR) is 67.9 cm³/mol. The highest BCUT2D eigenvalue weighted by Crippen LogP contribution is 2.64. The maximum absolute atomic E-state index is 6.08. The predicted octanol–water partition coefficient (Wildman–Crippen LogP) is 2.93. The highest BCUT2D eigenvalue weighted by Gasteiger charge is 2.67. The molecule has 1 spiro atoms. The Kier molecular flexibility index (Phi) is 2.33. The molecule has 0 amide bonds. The first kappa shape index (κ1) is 10.8. The Bertz CT molecular complexity index is 294. The Morgan fingerprint density at radius 2 is 1.44 bits per heavy atom. The van der Waals surface area contributed by atoms with Crippen LogP contribution in [0, 0.1) is 23.7 Å². The zero-order valence-corrected chi connectivity index (χ0v) is 12.2. The molecule has 1 saturated heterocycles. The van der Waals surface area contributed by atoms with Crippen LogP contribution >= 0.6 is 31.9 Å². The molecule has 0 aromatic heterocycles. The van der Waals surface area contributed by atoms with E-state index in [4.69, 9.17) is 9.47 Å². The van der Waals surface area contributed by atoms with Gasteiger partial charge in [0, 0.05) is 21.5 Å². The fourth-order valence-electron chi connectivity index (χ4n) is 4.60. The number of hydrogen-bond acceptors (Lipinski definition) is 2. The number of alkyl halides is 2. The Labute approximate surface area is 113 Å². The van der Waals surface area contributed by atoms with Crippen molar-refractivity contribution in [3.63, 3.8) is 0 Å². The lowest BCUT2D eigenvalue weighted by molar-refractivity contribution is -0.281. The van der Waals surface area contributed by atoms with Gasteiger partial charge in [-0.25, -0.2) is 0 Å². The van der Waals surface area contributed by atoms with E-state index in [-0.39, 0.29) is 5.79 Å². The van der Waals surface area contributed by atoms with Crippen molar-refractivity contribution in [3.8, 4) is 0 Å². The average molecular weight is 352 g/mol. The summed E-state index contributed by atoms with van der Waals surface area (Å²) in [7, 11) is 0. The molecule has 4 aliphatic carbocycles. The topological polar surface area (TPSA) is 18.5 Å². The SMILES string of the molecule is Br[C@@H]1C2CC3CC1C1(OCCO1)C(C3)[C@H]2Br. The first-order valence-electron chi connectivity index (χ1n) is 6.28. The average Bonchev–Trinajstić information content (AvgIpc) is 2.75. The van der Waals surface area contributed by atoms with Crippen molar-refractivity contribution in [1.82, 2.24) is 0 Å². The van der Waals surface area contributed by atoms with E-state index < -0.39 is 0 Å². The van der Waals surface area contributed by atoms with Gasteiger partial charge >= 0.3 is 0 Å². The van der Waals surface area contributed by atoms with Gasteiger partial charge in [0.2, 0.25) is 0 Å². The van der Waals surface area contributed by atoms with Crippen molar-refractivity contribution in [3.05, 3.63) is 0 Å². The van der Waals surface area contributed by atoms with Crippen molar-refractivity contribution >= 4 is 31.9 Å². The molecule has 5 fully saturated rings. The molecule has 16 heavy (non-hydrogen) atoms. The van der Waals surface area contributed by atoms with E-state index in [2.05, 4.69) is 31.9 Å². The smallest absolute Gasteiger partial charge is 0.176 e. The summed E-state index contributed by atoms with van der Waals surface area (Å²) in [5.41, 5.74) is 0. The van der Waals surface area contributed by atoms with Gasteiger partial charge in [-0.2, -0.15) is 0 Å². The molecule has 1 aliphatic heterocycles. The van der Waals surface area contributed by atoms with E-state index >= 15 is 0 Å². The van der Waals surface area contributed by atoms with Crippen LogP contribution in [0.2, 0.25) is 0 Å². The molecule has 4 unspecified atom stereocenters. The van der Waals surface area contributed by atoms with Gasteiger partial charge in [0.15, 0.2) is 5.79 Å². The number of rotatable bonds is 0. The van der Waals surface area contributed by atoms with Crippen LogP contribution in [0.25, 0.3) is 0 Å². The van der Waals surface area contributed by atoms with Gasteiger partial charge in [-0.05, 0) is 31.1 Å². The first-order chi connectivity index (χ1) is 7.72. The third kappa shape index (κ3) is 1.15. The van der Waals surface area contributed by atoms with Crippen LogP contribution in [0.4, 0.5) is 0 Å². The first-order valence-corrected chi connectivity index (χ1v) is 8.11. The lowest BCUT2D eigenvalue weighted by Crippen LogP contribution is -2.67. The largest absolute Gasteiger partial charge is 0.347 e. The van der Waals surface area contributed by atoms with Crippen LogP contribution in [-0.4, -0.2) is 28.7 Å². The summed E-state index contributed by atoms with van der Waals surface area (Å²) in [5.74, 6) is 2.59. The Balaban J connectivity index is 1.79. The molecule has 4 bridgehead atoms. The summed E-state index contributed by atoms with van der Waals surface area (Å²) in [6.45, 7) is 1.56. The molecule has 0 N–H and O–H groups in total. The minimum Gasteiger partial charge on any atom is -0.347 e. The molecule has 0 aromatic carbocycles.